The summed E-state index contributed by atoms with van der Waals surface area (Å²) in [5, 5.41) is 7.72. The molecule has 4 rings (SSSR count). The molecule has 0 saturated heterocycles. The Balaban J connectivity index is 1.69. The van der Waals surface area contributed by atoms with Gasteiger partial charge in [0.1, 0.15) is 11.7 Å². The van der Waals surface area contributed by atoms with Gasteiger partial charge in [0.15, 0.2) is 0 Å². The van der Waals surface area contributed by atoms with Crippen LogP contribution in [0.5, 0.6) is 0 Å². The van der Waals surface area contributed by atoms with Gasteiger partial charge in [0.2, 0.25) is 0 Å². The molecule has 7 nitrogen and oxygen atoms in total. The van der Waals surface area contributed by atoms with Gasteiger partial charge in [-0.15, -0.1) is 0 Å². The number of rotatable bonds is 4. The quantitative estimate of drug-likeness (QED) is 0.714. The van der Waals surface area contributed by atoms with Crippen LogP contribution in [-0.2, 0) is 22.5 Å². The lowest BCUT2D eigenvalue weighted by molar-refractivity contribution is -0.146. The third kappa shape index (κ3) is 2.17. The monoisotopic (exact) mass is 324 g/mol. The predicted molar refractivity (Wildman–Crippen MR) is 86.3 cm³/mol. The second-order valence-corrected chi connectivity index (χ2v) is 5.78. The van der Waals surface area contributed by atoms with E-state index in [1.807, 2.05) is 24.3 Å². The number of ether oxygens (including phenoxy) is 1. The molecule has 0 fully saturated rings. The van der Waals surface area contributed by atoms with Crippen LogP contribution in [0.25, 0.3) is 10.9 Å². The standard InChI is InChI=1S/C17H16N4O3/c1-24-17(23)14(8-10-6-7-18-20-10)21-9-12-11-4-2-3-5-13(11)19-15(12)16(21)22/h2-7,14,19H,8-9H2,1H3,(H,18,20). The molecule has 0 aliphatic carbocycles. The van der Waals surface area contributed by atoms with E-state index in [0.717, 1.165) is 22.2 Å². The number of nitrogens with one attached hydrogen (secondary N) is 2. The summed E-state index contributed by atoms with van der Waals surface area (Å²) < 4.78 is 4.91. The summed E-state index contributed by atoms with van der Waals surface area (Å²) in [7, 11) is 1.33. The summed E-state index contributed by atoms with van der Waals surface area (Å²) >= 11 is 0. The number of carbonyl (C=O) groups excluding carboxylic acids is 2. The minimum Gasteiger partial charge on any atom is -0.467 e. The number of benzene rings is 1. The molecule has 3 aromatic rings. The van der Waals surface area contributed by atoms with Crippen LogP contribution < -0.4 is 0 Å². The lowest BCUT2D eigenvalue weighted by Gasteiger charge is -2.25. The molecule has 1 atom stereocenters. The van der Waals surface area contributed by atoms with Crippen LogP contribution in [0.4, 0.5) is 0 Å². The molecule has 2 aromatic heterocycles. The lowest BCUT2D eigenvalue weighted by Crippen LogP contribution is -2.43. The molecule has 3 heterocycles. The number of carbonyl (C=O) groups is 2. The molecule has 2 N–H and O–H groups in total. The summed E-state index contributed by atoms with van der Waals surface area (Å²) in [5.41, 5.74) is 3.18. The van der Waals surface area contributed by atoms with Gasteiger partial charge in [-0.2, -0.15) is 5.10 Å². The van der Waals surface area contributed by atoms with Crippen molar-refractivity contribution in [1.82, 2.24) is 20.1 Å². The first-order chi connectivity index (χ1) is 11.7. The highest BCUT2D eigenvalue weighted by atomic mass is 16.5. The second-order valence-electron chi connectivity index (χ2n) is 5.78. The molecule has 0 spiro atoms. The topological polar surface area (TPSA) is 91.1 Å². The van der Waals surface area contributed by atoms with E-state index in [4.69, 9.17) is 4.74 Å². The summed E-state index contributed by atoms with van der Waals surface area (Å²) in [6.07, 6.45) is 1.95. The summed E-state index contributed by atoms with van der Waals surface area (Å²) in [5.74, 6) is -0.622. The molecule has 7 heteroatoms. The highest BCUT2D eigenvalue weighted by molar-refractivity contribution is 6.05. The van der Waals surface area contributed by atoms with Crippen LogP contribution in [0.2, 0.25) is 0 Å². The van der Waals surface area contributed by atoms with E-state index in [-0.39, 0.29) is 5.91 Å². The van der Waals surface area contributed by atoms with Crippen LogP contribution in [0, 0.1) is 0 Å². The van der Waals surface area contributed by atoms with E-state index in [1.165, 1.54) is 7.11 Å². The first-order valence-corrected chi connectivity index (χ1v) is 7.65. The molecule has 1 unspecified atom stereocenters. The number of fused-ring (bicyclic) bond motifs is 3. The Morgan fingerprint density at radius 1 is 1.38 bits per heavy atom. The van der Waals surface area contributed by atoms with Crippen molar-refractivity contribution in [2.24, 2.45) is 0 Å². The molecule has 1 amide bonds. The molecule has 0 saturated carbocycles. The Morgan fingerprint density at radius 3 is 2.96 bits per heavy atom. The number of amides is 1. The van der Waals surface area contributed by atoms with E-state index in [1.54, 1.807) is 17.2 Å². The van der Waals surface area contributed by atoms with Crippen molar-refractivity contribution in [2.45, 2.75) is 19.0 Å². The third-order valence-corrected chi connectivity index (χ3v) is 4.44. The molecular weight excluding hydrogens is 308 g/mol. The molecule has 122 valence electrons. The largest absolute Gasteiger partial charge is 0.467 e. The Kier molecular flexibility index (Phi) is 3.34. The molecule has 1 aliphatic rings. The number of aromatic amines is 2. The fraction of sp³-hybridized carbons (Fsp3) is 0.235. The SMILES string of the molecule is COC(=O)C(Cc1ccn[nH]1)N1Cc2c([nH]c3ccccc23)C1=O. The fourth-order valence-electron chi connectivity index (χ4n) is 3.25. The van der Waals surface area contributed by atoms with Gasteiger partial charge < -0.3 is 14.6 Å². The second kappa shape index (κ2) is 5.52. The summed E-state index contributed by atoms with van der Waals surface area (Å²) in [4.78, 5) is 29.8. The molecule has 1 aliphatic heterocycles. The number of hydrogen-bond donors (Lipinski definition) is 2. The molecule has 24 heavy (non-hydrogen) atoms. The van der Waals surface area contributed by atoms with Gasteiger partial charge in [0.05, 0.1) is 7.11 Å². The highest BCUT2D eigenvalue weighted by Crippen LogP contribution is 2.32. The number of nitrogens with zero attached hydrogens (tertiary/aromatic N) is 2. The molecule has 1 aromatic carbocycles. The van der Waals surface area contributed by atoms with E-state index in [0.29, 0.717) is 18.7 Å². The van der Waals surface area contributed by atoms with Crippen LogP contribution in [0.1, 0.15) is 21.7 Å². The number of hydrogen-bond acceptors (Lipinski definition) is 4. The molecule has 0 bridgehead atoms. The minimum absolute atomic E-state index is 0.184. The summed E-state index contributed by atoms with van der Waals surface area (Å²) in [6.45, 7) is 0.381. The maximum Gasteiger partial charge on any atom is 0.329 e. The maximum atomic E-state index is 12.8. The zero-order valence-electron chi connectivity index (χ0n) is 13.1. The number of H-pyrrole nitrogens is 2. The smallest absolute Gasteiger partial charge is 0.329 e. The van der Waals surface area contributed by atoms with Gasteiger partial charge in [-0.05, 0) is 12.1 Å². The fourth-order valence-corrected chi connectivity index (χ4v) is 3.25. The Bertz CT molecular complexity index is 913. The maximum absolute atomic E-state index is 12.8. The van der Waals surface area contributed by atoms with Crippen LogP contribution in [0.3, 0.4) is 0 Å². The number of esters is 1. The Morgan fingerprint density at radius 2 is 2.21 bits per heavy atom. The average Bonchev–Trinajstić information content (AvgIpc) is 3.30. The average molecular weight is 324 g/mol. The predicted octanol–water partition coefficient (Wildman–Crippen LogP) is 1.63. The van der Waals surface area contributed by atoms with E-state index in [9.17, 15) is 9.59 Å². The van der Waals surface area contributed by atoms with Gasteiger partial charge in [0, 0.05) is 41.3 Å². The van der Waals surface area contributed by atoms with Crippen molar-refractivity contribution in [1.29, 1.82) is 0 Å². The van der Waals surface area contributed by atoms with Gasteiger partial charge in [-0.25, -0.2) is 4.79 Å². The minimum atomic E-state index is -0.692. The first-order valence-electron chi connectivity index (χ1n) is 7.65. The van der Waals surface area contributed by atoms with E-state index in [2.05, 4.69) is 15.2 Å². The van der Waals surface area contributed by atoms with E-state index >= 15 is 0 Å². The Hall–Kier alpha value is -3.09. The zero-order valence-corrected chi connectivity index (χ0v) is 13.1. The van der Waals surface area contributed by atoms with Crippen molar-refractivity contribution < 1.29 is 14.3 Å². The van der Waals surface area contributed by atoms with Crippen molar-refractivity contribution in [3.05, 3.63) is 53.5 Å². The van der Waals surface area contributed by atoms with Crippen LogP contribution in [0.15, 0.2) is 36.5 Å². The van der Waals surface area contributed by atoms with Gasteiger partial charge >= 0.3 is 5.97 Å². The highest BCUT2D eigenvalue weighted by Gasteiger charge is 2.39. The van der Waals surface area contributed by atoms with Crippen molar-refractivity contribution in [2.75, 3.05) is 7.11 Å². The lowest BCUT2D eigenvalue weighted by atomic mass is 10.1. The normalized spacial score (nSPS) is 14.9. The molecule has 0 radical (unpaired) electrons. The van der Waals surface area contributed by atoms with Gasteiger partial charge in [-0.1, -0.05) is 18.2 Å². The number of aromatic nitrogens is 3. The van der Waals surface area contributed by atoms with Crippen LogP contribution in [-0.4, -0.2) is 45.1 Å². The first kappa shape index (κ1) is 14.5. The van der Waals surface area contributed by atoms with Crippen LogP contribution >= 0.6 is 0 Å². The third-order valence-electron chi connectivity index (χ3n) is 4.44. The molecular formula is C17H16N4O3. The number of methoxy groups -OCH3 is 1. The van der Waals surface area contributed by atoms with Gasteiger partial charge in [0.25, 0.3) is 5.91 Å². The Labute approximate surface area is 137 Å². The van der Waals surface area contributed by atoms with Crippen molar-refractivity contribution in [3.63, 3.8) is 0 Å². The van der Waals surface area contributed by atoms with Crippen molar-refractivity contribution in [3.8, 4) is 0 Å². The van der Waals surface area contributed by atoms with Crippen molar-refractivity contribution >= 4 is 22.8 Å². The van der Waals surface area contributed by atoms with E-state index < -0.39 is 12.0 Å². The zero-order chi connectivity index (χ0) is 16.7. The number of para-hydroxylation sites is 1. The van der Waals surface area contributed by atoms with Gasteiger partial charge in [-0.3, -0.25) is 9.89 Å². The summed E-state index contributed by atoms with van der Waals surface area (Å²) in [6, 6.07) is 8.86.